The zero-order valence-electron chi connectivity index (χ0n) is 11.7. The molecule has 1 aromatic heterocycles. The summed E-state index contributed by atoms with van der Waals surface area (Å²) in [5, 5.41) is 6.43. The fourth-order valence-corrected chi connectivity index (χ4v) is 2.04. The van der Waals surface area contributed by atoms with Gasteiger partial charge in [-0.2, -0.15) is 0 Å². The van der Waals surface area contributed by atoms with Crippen LogP contribution in [0.2, 0.25) is 0 Å². The van der Waals surface area contributed by atoms with Gasteiger partial charge in [0.25, 0.3) is 5.91 Å². The highest BCUT2D eigenvalue weighted by Crippen LogP contribution is 2.17. The van der Waals surface area contributed by atoms with E-state index < -0.39 is 0 Å². The van der Waals surface area contributed by atoms with Crippen molar-refractivity contribution in [1.29, 1.82) is 0 Å². The predicted octanol–water partition coefficient (Wildman–Crippen LogP) is 1.81. The van der Waals surface area contributed by atoms with E-state index in [4.69, 9.17) is 0 Å². The van der Waals surface area contributed by atoms with E-state index in [0.29, 0.717) is 12.1 Å². The minimum atomic E-state index is -0.167. The topological polar surface area (TPSA) is 74.0 Å². The van der Waals surface area contributed by atoms with Crippen LogP contribution in [-0.2, 0) is 4.79 Å². The third-order valence-electron chi connectivity index (χ3n) is 2.92. The van der Waals surface area contributed by atoms with Crippen LogP contribution in [0.4, 0.5) is 0 Å². The maximum absolute atomic E-state index is 12.1. The normalized spacial score (nSPS) is 10.8. The van der Waals surface area contributed by atoms with E-state index >= 15 is 0 Å². The molecule has 0 fully saturated rings. The fourth-order valence-electron chi connectivity index (χ4n) is 2.04. The van der Waals surface area contributed by atoms with Crippen molar-refractivity contribution in [2.24, 2.45) is 0 Å². The molecule has 5 heteroatoms. The van der Waals surface area contributed by atoms with Crippen LogP contribution in [0, 0.1) is 0 Å². The van der Waals surface area contributed by atoms with Crippen molar-refractivity contribution in [2.75, 3.05) is 6.54 Å². The molecular formula is C15H19N3O2. The van der Waals surface area contributed by atoms with Gasteiger partial charge in [-0.05, 0) is 19.9 Å². The van der Waals surface area contributed by atoms with Crippen molar-refractivity contribution in [3.8, 4) is 0 Å². The van der Waals surface area contributed by atoms with Crippen LogP contribution in [0.1, 0.15) is 30.6 Å². The van der Waals surface area contributed by atoms with Gasteiger partial charge in [-0.15, -0.1) is 0 Å². The van der Waals surface area contributed by atoms with E-state index in [0.717, 1.165) is 10.9 Å². The Morgan fingerprint density at radius 2 is 2.00 bits per heavy atom. The van der Waals surface area contributed by atoms with Gasteiger partial charge in [0.2, 0.25) is 5.91 Å². The Morgan fingerprint density at radius 1 is 1.25 bits per heavy atom. The fraction of sp³-hybridized carbons (Fsp3) is 0.333. The molecule has 0 spiro atoms. The average molecular weight is 273 g/mol. The van der Waals surface area contributed by atoms with Crippen molar-refractivity contribution in [3.05, 3.63) is 36.0 Å². The number of hydrogen-bond donors (Lipinski definition) is 3. The highest BCUT2D eigenvalue weighted by molar-refractivity contribution is 6.06. The Bertz CT molecular complexity index is 616. The molecule has 2 amide bonds. The lowest BCUT2D eigenvalue weighted by atomic mass is 10.1. The van der Waals surface area contributed by atoms with Crippen molar-refractivity contribution in [2.45, 2.75) is 26.3 Å². The molecule has 1 heterocycles. The van der Waals surface area contributed by atoms with Crippen LogP contribution in [-0.4, -0.2) is 29.4 Å². The number of hydrogen-bond acceptors (Lipinski definition) is 2. The number of fused-ring (bicyclic) bond motifs is 1. The Kier molecular flexibility index (Phi) is 4.40. The van der Waals surface area contributed by atoms with Gasteiger partial charge in [0, 0.05) is 36.1 Å². The Morgan fingerprint density at radius 3 is 2.75 bits per heavy atom. The molecule has 0 saturated carbocycles. The molecule has 1 aromatic carbocycles. The van der Waals surface area contributed by atoms with Gasteiger partial charge in [-0.3, -0.25) is 9.59 Å². The summed E-state index contributed by atoms with van der Waals surface area (Å²) in [6.45, 7) is 4.14. The number of aromatic amines is 1. The quantitative estimate of drug-likeness (QED) is 0.777. The Hall–Kier alpha value is -2.30. The van der Waals surface area contributed by atoms with Crippen LogP contribution in [0.15, 0.2) is 30.5 Å². The van der Waals surface area contributed by atoms with E-state index in [2.05, 4.69) is 15.6 Å². The summed E-state index contributed by atoms with van der Waals surface area (Å²) in [5.74, 6) is -0.223. The average Bonchev–Trinajstić information content (AvgIpc) is 2.81. The first-order valence-corrected chi connectivity index (χ1v) is 6.71. The lowest BCUT2D eigenvalue weighted by Gasteiger charge is -2.08. The first-order chi connectivity index (χ1) is 9.58. The number of aromatic nitrogens is 1. The molecule has 5 nitrogen and oxygen atoms in total. The van der Waals surface area contributed by atoms with Crippen LogP contribution in [0.25, 0.3) is 10.9 Å². The SMILES string of the molecule is CC(C)NC(=O)CCNC(=O)c1c[nH]c2ccccc12. The van der Waals surface area contributed by atoms with Gasteiger partial charge >= 0.3 is 0 Å². The smallest absolute Gasteiger partial charge is 0.253 e. The van der Waals surface area contributed by atoms with Gasteiger partial charge in [0.1, 0.15) is 0 Å². The second-order valence-electron chi connectivity index (χ2n) is 4.98. The number of H-pyrrole nitrogens is 1. The molecule has 2 aromatic rings. The van der Waals surface area contributed by atoms with E-state index in [-0.39, 0.29) is 24.3 Å². The lowest BCUT2D eigenvalue weighted by Crippen LogP contribution is -2.34. The summed E-state index contributed by atoms with van der Waals surface area (Å²) in [7, 11) is 0. The molecule has 106 valence electrons. The van der Waals surface area contributed by atoms with Gasteiger partial charge < -0.3 is 15.6 Å². The minimum Gasteiger partial charge on any atom is -0.360 e. The standard InChI is InChI=1S/C15H19N3O2/c1-10(2)18-14(19)7-8-16-15(20)12-9-17-13-6-4-3-5-11(12)13/h3-6,9-10,17H,7-8H2,1-2H3,(H,16,20)(H,18,19). The number of carbonyl (C=O) groups is 2. The molecule has 0 aliphatic rings. The first kappa shape index (κ1) is 14.1. The molecule has 0 saturated heterocycles. The van der Waals surface area contributed by atoms with E-state index in [1.807, 2.05) is 38.1 Å². The van der Waals surface area contributed by atoms with Crippen LogP contribution in [0.3, 0.4) is 0 Å². The highest BCUT2D eigenvalue weighted by atomic mass is 16.2. The van der Waals surface area contributed by atoms with Crippen LogP contribution < -0.4 is 10.6 Å². The molecule has 0 radical (unpaired) electrons. The third-order valence-corrected chi connectivity index (χ3v) is 2.92. The Labute approximate surface area is 117 Å². The highest BCUT2D eigenvalue weighted by Gasteiger charge is 2.11. The second-order valence-corrected chi connectivity index (χ2v) is 4.98. The number of rotatable bonds is 5. The van der Waals surface area contributed by atoms with Gasteiger partial charge in [0.05, 0.1) is 5.56 Å². The lowest BCUT2D eigenvalue weighted by molar-refractivity contribution is -0.121. The summed E-state index contributed by atoms with van der Waals surface area (Å²) < 4.78 is 0. The van der Waals surface area contributed by atoms with E-state index in [9.17, 15) is 9.59 Å². The third kappa shape index (κ3) is 3.38. The zero-order valence-corrected chi connectivity index (χ0v) is 11.7. The molecule has 0 aliphatic carbocycles. The van der Waals surface area contributed by atoms with Crippen LogP contribution >= 0.6 is 0 Å². The predicted molar refractivity (Wildman–Crippen MR) is 78.5 cm³/mol. The van der Waals surface area contributed by atoms with Crippen molar-refractivity contribution < 1.29 is 9.59 Å². The largest absolute Gasteiger partial charge is 0.360 e. The van der Waals surface area contributed by atoms with Gasteiger partial charge in [0.15, 0.2) is 0 Å². The number of benzene rings is 1. The van der Waals surface area contributed by atoms with E-state index in [1.54, 1.807) is 6.20 Å². The molecule has 0 atom stereocenters. The van der Waals surface area contributed by atoms with Crippen LogP contribution in [0.5, 0.6) is 0 Å². The van der Waals surface area contributed by atoms with Crippen molar-refractivity contribution in [3.63, 3.8) is 0 Å². The summed E-state index contributed by atoms with van der Waals surface area (Å²) in [4.78, 5) is 26.6. The minimum absolute atomic E-state index is 0.0563. The summed E-state index contributed by atoms with van der Waals surface area (Å²) in [6.07, 6.45) is 1.97. The van der Waals surface area contributed by atoms with Crippen molar-refractivity contribution >= 4 is 22.7 Å². The number of para-hydroxylation sites is 1. The number of amides is 2. The molecule has 0 bridgehead atoms. The number of nitrogens with one attached hydrogen (secondary N) is 3. The monoisotopic (exact) mass is 273 g/mol. The second kappa shape index (κ2) is 6.23. The van der Waals surface area contributed by atoms with Crippen molar-refractivity contribution in [1.82, 2.24) is 15.6 Å². The maximum atomic E-state index is 12.1. The molecule has 0 aliphatic heterocycles. The summed E-state index contributed by atoms with van der Waals surface area (Å²) in [6, 6.07) is 7.74. The summed E-state index contributed by atoms with van der Waals surface area (Å²) in [5.41, 5.74) is 1.53. The molecule has 0 unspecified atom stereocenters. The first-order valence-electron chi connectivity index (χ1n) is 6.71. The maximum Gasteiger partial charge on any atom is 0.253 e. The molecule has 2 rings (SSSR count). The Balaban J connectivity index is 1.91. The molecular weight excluding hydrogens is 254 g/mol. The van der Waals surface area contributed by atoms with Gasteiger partial charge in [-0.25, -0.2) is 0 Å². The summed E-state index contributed by atoms with van der Waals surface area (Å²) >= 11 is 0. The number of carbonyl (C=O) groups excluding carboxylic acids is 2. The van der Waals surface area contributed by atoms with E-state index in [1.165, 1.54) is 0 Å². The molecule has 20 heavy (non-hydrogen) atoms. The van der Waals surface area contributed by atoms with Gasteiger partial charge in [-0.1, -0.05) is 18.2 Å². The zero-order chi connectivity index (χ0) is 14.5. The molecule has 3 N–H and O–H groups in total.